The van der Waals surface area contributed by atoms with E-state index in [-0.39, 0.29) is 0 Å². The Morgan fingerprint density at radius 3 is 1.55 bits per heavy atom. The molecule has 0 saturated carbocycles. The Morgan fingerprint density at radius 1 is 0.373 bits per heavy atom. The number of benzene rings is 6. The first-order valence-electron chi connectivity index (χ1n) is 17.1. The van der Waals surface area contributed by atoms with Crippen molar-refractivity contribution in [3.63, 3.8) is 0 Å². The van der Waals surface area contributed by atoms with Gasteiger partial charge in [0.25, 0.3) is 0 Å². The summed E-state index contributed by atoms with van der Waals surface area (Å²) < 4.78 is 0. The van der Waals surface area contributed by atoms with Crippen LogP contribution in [0.3, 0.4) is 0 Å². The summed E-state index contributed by atoms with van der Waals surface area (Å²) in [6.45, 7) is 2.19. The van der Waals surface area contributed by atoms with Gasteiger partial charge >= 0.3 is 0 Å². The minimum absolute atomic E-state index is 0.668. The van der Waals surface area contributed by atoms with Crippen LogP contribution in [-0.4, -0.2) is 19.9 Å². The normalized spacial score (nSPS) is 11.2. The lowest BCUT2D eigenvalue weighted by Crippen LogP contribution is -1.97. The average Bonchev–Trinajstić information content (AvgIpc) is 3.21. The van der Waals surface area contributed by atoms with Gasteiger partial charge < -0.3 is 0 Å². The van der Waals surface area contributed by atoms with Gasteiger partial charge in [-0.25, -0.2) is 9.97 Å². The molecule has 0 spiro atoms. The summed E-state index contributed by atoms with van der Waals surface area (Å²) in [6, 6.07) is 53.4. The minimum Gasteiger partial charge on any atom is -0.264 e. The fourth-order valence-electron chi connectivity index (χ4n) is 7.20. The number of nitrogens with zero attached hydrogens (tertiary/aromatic N) is 4. The van der Waals surface area contributed by atoms with Gasteiger partial charge in [0.15, 0.2) is 5.82 Å². The summed E-state index contributed by atoms with van der Waals surface area (Å²) in [7, 11) is 0. The molecule has 4 nitrogen and oxygen atoms in total. The third-order valence-corrected chi connectivity index (χ3v) is 9.58. The van der Waals surface area contributed by atoms with Crippen molar-refractivity contribution < 1.29 is 0 Å². The molecule has 0 aliphatic rings. The second-order valence-corrected chi connectivity index (χ2v) is 12.8. The van der Waals surface area contributed by atoms with E-state index in [9.17, 15) is 0 Å². The Kier molecular flexibility index (Phi) is 7.67. The molecule has 0 aliphatic carbocycles. The van der Waals surface area contributed by atoms with Crippen LogP contribution in [0.15, 0.2) is 176 Å². The summed E-state index contributed by atoms with van der Waals surface area (Å²) in [5.74, 6) is 0.668. The molecule has 0 fully saturated rings. The largest absolute Gasteiger partial charge is 0.264 e. The maximum Gasteiger partial charge on any atom is 0.160 e. The van der Waals surface area contributed by atoms with Crippen molar-refractivity contribution >= 4 is 21.5 Å². The first-order chi connectivity index (χ1) is 25.2. The summed E-state index contributed by atoms with van der Waals surface area (Å²) in [5, 5.41) is 4.95. The Labute approximate surface area is 296 Å². The van der Waals surface area contributed by atoms with E-state index in [1.54, 1.807) is 12.4 Å². The predicted octanol–water partition coefficient (Wildman–Crippen LogP) is 11.9. The van der Waals surface area contributed by atoms with Crippen molar-refractivity contribution in [1.29, 1.82) is 0 Å². The first-order valence-corrected chi connectivity index (χ1v) is 17.1. The fraction of sp³-hybridized carbons (Fsp3) is 0.0213. The van der Waals surface area contributed by atoms with Crippen molar-refractivity contribution in [2.24, 2.45) is 0 Å². The number of aromatic nitrogens is 4. The zero-order chi connectivity index (χ0) is 34.1. The van der Waals surface area contributed by atoms with Crippen LogP contribution in [0.5, 0.6) is 0 Å². The Hall–Kier alpha value is -6.78. The molecule has 0 unspecified atom stereocenters. The highest BCUT2D eigenvalue weighted by molar-refractivity contribution is 6.21. The lowest BCUT2D eigenvalue weighted by Gasteiger charge is -2.19. The lowest BCUT2D eigenvalue weighted by atomic mass is 9.84. The van der Waals surface area contributed by atoms with Crippen molar-refractivity contribution in [3.8, 4) is 67.3 Å². The van der Waals surface area contributed by atoms with Gasteiger partial charge in [-0.2, -0.15) is 0 Å². The molecule has 9 aromatic rings. The van der Waals surface area contributed by atoms with E-state index in [1.165, 1.54) is 43.8 Å². The molecule has 0 atom stereocenters. The van der Waals surface area contributed by atoms with Crippen molar-refractivity contribution in [1.82, 2.24) is 19.9 Å². The molecule has 3 heterocycles. The molecule has 0 amide bonds. The number of pyridine rings is 2. The van der Waals surface area contributed by atoms with Crippen LogP contribution < -0.4 is 0 Å². The first kappa shape index (κ1) is 30.3. The monoisotopic (exact) mass is 652 g/mol. The van der Waals surface area contributed by atoms with Crippen LogP contribution >= 0.6 is 0 Å². The number of rotatable bonds is 6. The van der Waals surface area contributed by atoms with E-state index in [0.29, 0.717) is 5.82 Å². The molecule has 0 radical (unpaired) electrons. The average molecular weight is 653 g/mol. The number of hydrogen-bond donors (Lipinski definition) is 0. The van der Waals surface area contributed by atoms with Gasteiger partial charge in [0.1, 0.15) is 0 Å². The Bertz CT molecular complexity index is 2630. The van der Waals surface area contributed by atoms with Crippen LogP contribution in [-0.2, 0) is 0 Å². The van der Waals surface area contributed by atoms with Gasteiger partial charge in [0.2, 0.25) is 0 Å². The van der Waals surface area contributed by atoms with Gasteiger partial charge in [-0.15, -0.1) is 0 Å². The van der Waals surface area contributed by atoms with Gasteiger partial charge in [-0.3, -0.25) is 9.97 Å². The molecule has 0 saturated heterocycles. The fourth-order valence-corrected chi connectivity index (χ4v) is 7.20. The van der Waals surface area contributed by atoms with Gasteiger partial charge in [0, 0.05) is 47.0 Å². The van der Waals surface area contributed by atoms with Crippen LogP contribution in [0.4, 0.5) is 0 Å². The highest BCUT2D eigenvalue weighted by Gasteiger charge is 2.19. The maximum absolute atomic E-state index is 5.18. The molecular formula is C47H32N4. The summed E-state index contributed by atoms with van der Waals surface area (Å²) in [6.07, 6.45) is 7.32. The molecular weight excluding hydrogens is 621 g/mol. The number of aryl methyl sites for hydroxylation is 1. The molecule has 6 aromatic carbocycles. The van der Waals surface area contributed by atoms with Crippen LogP contribution in [0.2, 0.25) is 0 Å². The van der Waals surface area contributed by atoms with E-state index in [0.717, 1.165) is 44.8 Å². The predicted molar refractivity (Wildman–Crippen MR) is 210 cm³/mol. The van der Waals surface area contributed by atoms with Gasteiger partial charge in [-0.05, 0) is 98.2 Å². The van der Waals surface area contributed by atoms with Crippen molar-refractivity contribution in [2.45, 2.75) is 6.92 Å². The van der Waals surface area contributed by atoms with Crippen LogP contribution in [0.1, 0.15) is 5.56 Å². The van der Waals surface area contributed by atoms with Gasteiger partial charge in [-0.1, -0.05) is 115 Å². The highest BCUT2D eigenvalue weighted by atomic mass is 14.9. The van der Waals surface area contributed by atoms with Crippen LogP contribution in [0, 0.1) is 6.92 Å². The molecule has 9 rings (SSSR count). The summed E-state index contributed by atoms with van der Waals surface area (Å²) in [4.78, 5) is 19.0. The van der Waals surface area contributed by atoms with Crippen molar-refractivity contribution in [3.05, 3.63) is 182 Å². The highest BCUT2D eigenvalue weighted by Crippen LogP contribution is 2.44. The molecule has 0 bridgehead atoms. The maximum atomic E-state index is 5.18. The smallest absolute Gasteiger partial charge is 0.160 e. The van der Waals surface area contributed by atoms with E-state index in [1.807, 2.05) is 30.6 Å². The number of fused-ring (bicyclic) bond motifs is 2. The molecule has 0 N–H and O–H groups in total. The third-order valence-electron chi connectivity index (χ3n) is 9.58. The zero-order valence-electron chi connectivity index (χ0n) is 28.0. The SMILES string of the molecule is Cc1cc(-c2nc(-c3cccnc3)cc(-c3cccc(-c4cccnc4)c3)n2)ccc1-c1c2ccccc2c(-c2ccccc2)c2ccccc12. The van der Waals surface area contributed by atoms with Crippen molar-refractivity contribution in [2.75, 3.05) is 0 Å². The molecule has 0 aliphatic heterocycles. The molecule has 3 aromatic heterocycles. The standard InChI is InChI=1S/C47H32N4/c1-31-26-35(22-23-38(31)46-41-20-7-5-18-39(41)45(32-12-3-2-4-13-32)40-19-6-8-21-42(40)46)47-50-43(28-44(51-47)37-17-11-25-49-30-37)34-15-9-14-33(27-34)36-16-10-24-48-29-36/h2-30H,1H3. The second-order valence-electron chi connectivity index (χ2n) is 12.8. The molecule has 51 heavy (non-hydrogen) atoms. The van der Waals surface area contributed by atoms with E-state index in [4.69, 9.17) is 9.97 Å². The Morgan fingerprint density at radius 2 is 0.922 bits per heavy atom. The topological polar surface area (TPSA) is 51.6 Å². The minimum atomic E-state index is 0.668. The number of hydrogen-bond acceptors (Lipinski definition) is 4. The quantitative estimate of drug-likeness (QED) is 0.168. The molecule has 4 heteroatoms. The summed E-state index contributed by atoms with van der Waals surface area (Å²) in [5.41, 5.74) is 12.8. The van der Waals surface area contributed by atoms with Gasteiger partial charge in [0.05, 0.1) is 11.4 Å². The second kappa shape index (κ2) is 12.9. The van der Waals surface area contributed by atoms with E-state index >= 15 is 0 Å². The van der Waals surface area contributed by atoms with Crippen LogP contribution in [0.25, 0.3) is 88.8 Å². The van der Waals surface area contributed by atoms with E-state index < -0.39 is 0 Å². The Balaban J connectivity index is 1.21. The van der Waals surface area contributed by atoms with E-state index in [2.05, 4.69) is 150 Å². The zero-order valence-corrected chi connectivity index (χ0v) is 28.0. The third kappa shape index (κ3) is 5.63. The lowest BCUT2D eigenvalue weighted by molar-refractivity contribution is 1.17. The molecule has 240 valence electrons. The summed E-state index contributed by atoms with van der Waals surface area (Å²) >= 11 is 0.